The van der Waals surface area contributed by atoms with Crippen LogP contribution < -0.4 is 5.56 Å². The van der Waals surface area contributed by atoms with Crippen LogP contribution in [0.25, 0.3) is 0 Å². The molecule has 3 aliphatic rings. The van der Waals surface area contributed by atoms with Crippen molar-refractivity contribution in [2.75, 3.05) is 19.6 Å². The summed E-state index contributed by atoms with van der Waals surface area (Å²) in [6.07, 6.45) is 5.64. The zero-order chi connectivity index (χ0) is 19.2. The Bertz CT molecular complexity index is 811. The number of aromatic amines is 1. The monoisotopic (exact) mass is 371 g/mol. The maximum absolute atomic E-state index is 13.0. The van der Waals surface area contributed by atoms with E-state index < -0.39 is 0 Å². The van der Waals surface area contributed by atoms with Crippen molar-refractivity contribution in [3.63, 3.8) is 0 Å². The second-order valence-electron chi connectivity index (χ2n) is 8.89. The number of piperidine rings is 2. The lowest BCUT2D eigenvalue weighted by molar-refractivity contribution is -0.139. The van der Waals surface area contributed by atoms with E-state index in [9.17, 15) is 14.4 Å². The molecule has 1 aliphatic carbocycles. The van der Waals surface area contributed by atoms with Crippen LogP contribution in [0.2, 0.25) is 0 Å². The largest absolute Gasteiger partial charge is 0.339 e. The van der Waals surface area contributed by atoms with Crippen molar-refractivity contribution in [2.45, 2.75) is 64.3 Å². The Balaban J connectivity index is 1.52. The molecule has 6 heteroatoms. The Morgan fingerprint density at radius 1 is 1.19 bits per heavy atom. The summed E-state index contributed by atoms with van der Waals surface area (Å²) in [5.41, 5.74) is 0.763. The number of pyridine rings is 1. The molecule has 1 unspecified atom stereocenters. The molecule has 6 nitrogen and oxygen atoms in total. The first kappa shape index (κ1) is 18.3. The first-order chi connectivity index (χ1) is 12.9. The van der Waals surface area contributed by atoms with E-state index in [1.165, 1.54) is 0 Å². The van der Waals surface area contributed by atoms with Gasteiger partial charge in [-0.2, -0.15) is 0 Å². The number of rotatable bonds is 3. The molecule has 2 amide bonds. The molecular formula is C21H29N3O3. The average Bonchev–Trinajstić information content (AvgIpc) is 3.48. The summed E-state index contributed by atoms with van der Waals surface area (Å²) in [5, 5.41) is 0. The lowest BCUT2D eigenvalue weighted by Gasteiger charge is -2.48. The highest BCUT2D eigenvalue weighted by Crippen LogP contribution is 2.42. The quantitative estimate of drug-likeness (QED) is 0.887. The van der Waals surface area contributed by atoms with Crippen molar-refractivity contribution in [2.24, 2.45) is 5.41 Å². The number of hydrogen-bond donors (Lipinski definition) is 1. The van der Waals surface area contributed by atoms with Crippen LogP contribution in [0, 0.1) is 5.41 Å². The summed E-state index contributed by atoms with van der Waals surface area (Å²) in [6.45, 7) is 6.12. The van der Waals surface area contributed by atoms with Crippen molar-refractivity contribution < 1.29 is 9.59 Å². The lowest BCUT2D eigenvalue weighted by atomic mass is 9.73. The Morgan fingerprint density at radius 3 is 2.63 bits per heavy atom. The minimum Gasteiger partial charge on any atom is -0.339 e. The smallest absolute Gasteiger partial charge is 0.261 e. The van der Waals surface area contributed by atoms with Crippen molar-refractivity contribution >= 4 is 11.8 Å². The fourth-order valence-corrected chi connectivity index (χ4v) is 4.64. The fourth-order valence-electron chi connectivity index (χ4n) is 4.64. The summed E-state index contributed by atoms with van der Waals surface area (Å²) in [5.74, 6) is 0.307. The number of nitrogens with zero attached hydrogens (tertiary/aromatic N) is 2. The van der Waals surface area contributed by atoms with Gasteiger partial charge in [-0.1, -0.05) is 13.8 Å². The van der Waals surface area contributed by atoms with Gasteiger partial charge in [0.15, 0.2) is 0 Å². The van der Waals surface area contributed by atoms with Gasteiger partial charge in [0.25, 0.3) is 11.5 Å². The van der Waals surface area contributed by atoms with E-state index >= 15 is 0 Å². The van der Waals surface area contributed by atoms with Crippen molar-refractivity contribution in [3.05, 3.63) is 33.7 Å². The van der Waals surface area contributed by atoms with Gasteiger partial charge in [-0.25, -0.2) is 0 Å². The predicted molar refractivity (Wildman–Crippen MR) is 103 cm³/mol. The number of hydrogen-bond acceptors (Lipinski definition) is 3. The number of amides is 2. The number of aromatic nitrogens is 1. The number of H-pyrrole nitrogens is 1. The molecule has 1 aromatic rings. The topological polar surface area (TPSA) is 73.5 Å². The summed E-state index contributed by atoms with van der Waals surface area (Å²) in [7, 11) is 0. The molecule has 1 atom stereocenters. The van der Waals surface area contributed by atoms with Crippen LogP contribution in [0.3, 0.4) is 0 Å². The SMILES string of the molecule is CC(C)c1ccc(C(=O)N2CCCC3(CCC(=O)N(C4CC4)C3)C2)c(=O)[nH]1. The number of carbonyl (C=O) groups excluding carboxylic acids is 2. The fraction of sp³-hybridized carbons (Fsp3) is 0.667. The molecule has 4 rings (SSSR count). The van der Waals surface area contributed by atoms with E-state index in [2.05, 4.69) is 9.88 Å². The molecule has 1 N–H and O–H groups in total. The summed E-state index contributed by atoms with van der Waals surface area (Å²) in [4.78, 5) is 44.5. The minimum absolute atomic E-state index is 0.00492. The Labute approximate surface area is 159 Å². The second-order valence-corrected chi connectivity index (χ2v) is 8.89. The van der Waals surface area contributed by atoms with Gasteiger partial charge in [-0.3, -0.25) is 14.4 Å². The predicted octanol–water partition coefficient (Wildman–Crippen LogP) is 2.51. The third-order valence-electron chi connectivity index (χ3n) is 6.42. The van der Waals surface area contributed by atoms with Crippen LogP contribution >= 0.6 is 0 Å². The van der Waals surface area contributed by atoms with E-state index in [0.717, 1.165) is 44.3 Å². The van der Waals surface area contributed by atoms with E-state index in [1.54, 1.807) is 6.07 Å². The van der Waals surface area contributed by atoms with Gasteiger partial charge in [-0.15, -0.1) is 0 Å². The molecule has 2 saturated heterocycles. The molecule has 0 aromatic carbocycles. The first-order valence-electron chi connectivity index (χ1n) is 10.2. The van der Waals surface area contributed by atoms with Gasteiger partial charge in [0.1, 0.15) is 5.56 Å². The van der Waals surface area contributed by atoms with Gasteiger partial charge in [0.05, 0.1) is 0 Å². The van der Waals surface area contributed by atoms with Crippen LogP contribution in [0.5, 0.6) is 0 Å². The van der Waals surface area contributed by atoms with E-state index in [1.807, 2.05) is 24.8 Å². The van der Waals surface area contributed by atoms with Gasteiger partial charge < -0.3 is 14.8 Å². The Morgan fingerprint density at radius 2 is 1.96 bits per heavy atom. The van der Waals surface area contributed by atoms with E-state index in [0.29, 0.717) is 25.6 Å². The standard InChI is InChI=1S/C21H29N3O3/c1-14(2)17-7-6-16(19(26)22-17)20(27)23-11-3-9-21(12-23)10-8-18(25)24(13-21)15-4-5-15/h6-7,14-15H,3-5,8-13H2,1-2H3,(H,22,26). The molecule has 3 heterocycles. The van der Waals surface area contributed by atoms with Gasteiger partial charge in [-0.05, 0) is 50.2 Å². The van der Waals surface area contributed by atoms with Crippen LogP contribution in [-0.2, 0) is 4.79 Å². The molecular weight excluding hydrogens is 342 g/mol. The number of likely N-dealkylation sites (tertiary alicyclic amines) is 2. The molecule has 146 valence electrons. The Kier molecular flexibility index (Phi) is 4.60. The molecule has 0 bridgehead atoms. The summed E-state index contributed by atoms with van der Waals surface area (Å²) < 4.78 is 0. The Hall–Kier alpha value is -2.11. The highest BCUT2D eigenvalue weighted by Gasteiger charge is 2.46. The number of carbonyl (C=O) groups is 2. The number of nitrogens with one attached hydrogen (secondary N) is 1. The van der Waals surface area contributed by atoms with E-state index in [-0.39, 0.29) is 34.3 Å². The molecule has 0 radical (unpaired) electrons. The molecule has 1 spiro atoms. The lowest BCUT2D eigenvalue weighted by Crippen LogP contribution is -2.55. The van der Waals surface area contributed by atoms with Crippen LogP contribution in [0.4, 0.5) is 0 Å². The third kappa shape index (κ3) is 3.54. The van der Waals surface area contributed by atoms with Crippen molar-refractivity contribution in [1.29, 1.82) is 0 Å². The minimum atomic E-state index is -0.302. The molecule has 2 aliphatic heterocycles. The highest BCUT2D eigenvalue weighted by atomic mass is 16.2. The van der Waals surface area contributed by atoms with Crippen molar-refractivity contribution in [1.82, 2.24) is 14.8 Å². The highest BCUT2D eigenvalue weighted by molar-refractivity contribution is 5.94. The molecule has 27 heavy (non-hydrogen) atoms. The molecule has 1 aromatic heterocycles. The maximum atomic E-state index is 13.0. The van der Waals surface area contributed by atoms with Gasteiger partial charge in [0.2, 0.25) is 5.91 Å². The molecule has 3 fully saturated rings. The van der Waals surface area contributed by atoms with Gasteiger partial charge in [0, 0.05) is 43.2 Å². The second kappa shape index (κ2) is 6.80. The zero-order valence-corrected chi connectivity index (χ0v) is 16.3. The van der Waals surface area contributed by atoms with Crippen LogP contribution in [-0.4, -0.2) is 52.3 Å². The normalized spacial score (nSPS) is 26.1. The first-order valence-corrected chi connectivity index (χ1v) is 10.2. The average molecular weight is 371 g/mol. The summed E-state index contributed by atoms with van der Waals surface area (Å²) in [6, 6.07) is 3.93. The van der Waals surface area contributed by atoms with Crippen LogP contribution in [0.1, 0.15) is 74.3 Å². The third-order valence-corrected chi connectivity index (χ3v) is 6.42. The van der Waals surface area contributed by atoms with Crippen LogP contribution in [0.15, 0.2) is 16.9 Å². The van der Waals surface area contributed by atoms with E-state index in [4.69, 9.17) is 0 Å². The van der Waals surface area contributed by atoms with Crippen molar-refractivity contribution in [3.8, 4) is 0 Å². The molecule has 1 saturated carbocycles. The summed E-state index contributed by atoms with van der Waals surface area (Å²) >= 11 is 0. The zero-order valence-electron chi connectivity index (χ0n) is 16.3. The van der Waals surface area contributed by atoms with Gasteiger partial charge >= 0.3 is 0 Å². The maximum Gasteiger partial charge on any atom is 0.261 e.